The number of aryl methyl sites for hydroxylation is 1. The summed E-state index contributed by atoms with van der Waals surface area (Å²) in [5.41, 5.74) is 9.75. The number of pyridine rings is 2. The molecule has 0 bridgehead atoms. The van der Waals surface area contributed by atoms with Crippen LogP contribution in [0.5, 0.6) is 0 Å². The Balaban J connectivity index is 0.000000253. The van der Waals surface area contributed by atoms with Gasteiger partial charge in [-0.2, -0.15) is 0 Å². The van der Waals surface area contributed by atoms with Gasteiger partial charge in [-0.1, -0.05) is 86.8 Å². The van der Waals surface area contributed by atoms with Gasteiger partial charge in [-0.05, 0) is 60.8 Å². The first-order chi connectivity index (χ1) is 20.0. The van der Waals surface area contributed by atoms with Crippen molar-refractivity contribution < 1.29 is 24.5 Å². The number of hydrogen-bond donors (Lipinski definition) is 0. The Hall–Kier alpha value is -3.37. The first-order valence-corrected chi connectivity index (χ1v) is 18.2. The van der Waals surface area contributed by atoms with E-state index in [2.05, 4.69) is 108 Å². The monoisotopic (exact) mass is 761 g/mol. The summed E-state index contributed by atoms with van der Waals surface area (Å²) in [7, 11) is -1.57. The van der Waals surface area contributed by atoms with Crippen LogP contribution in [0.15, 0.2) is 89.6 Å². The minimum Gasteiger partial charge on any atom is -0.501 e. The van der Waals surface area contributed by atoms with Gasteiger partial charge in [0.2, 0.25) is 0 Å². The molecule has 223 valence electrons. The molecule has 43 heavy (non-hydrogen) atoms. The van der Waals surface area contributed by atoms with Gasteiger partial charge < -0.3 is 14.4 Å². The summed E-state index contributed by atoms with van der Waals surface area (Å²) in [5, 5.41) is 3.83. The van der Waals surface area contributed by atoms with E-state index in [1.807, 2.05) is 48.8 Å². The van der Waals surface area contributed by atoms with Crippen molar-refractivity contribution in [2.24, 2.45) is 0 Å². The summed E-state index contributed by atoms with van der Waals surface area (Å²) in [6.45, 7) is 18.2. The molecule has 3 heterocycles. The Bertz CT molecular complexity index is 1850. The van der Waals surface area contributed by atoms with Crippen LogP contribution >= 0.6 is 0 Å². The Kier molecular flexibility index (Phi) is 9.91. The van der Waals surface area contributed by atoms with Crippen LogP contribution in [0.4, 0.5) is 0 Å². The quantitative estimate of drug-likeness (QED) is 0.130. The standard InChI is InChI=1S/C26H30NOSi.C12H10N.Ir/c1-8-26(3,4)20-15-16-27-24(17(20)2)19-13-14-22(29(5,6)7)23-18-11-9-10-12-21(18)28-25(19)23;1-10-7-8-13-12(9-10)11-5-3-2-4-6-11;/h9-12,14-16H,8H2,1-7H3;2-5,7-9H,1H3;/q2*-1;. The summed E-state index contributed by atoms with van der Waals surface area (Å²) in [6, 6.07) is 31.4. The van der Waals surface area contributed by atoms with Gasteiger partial charge in [0.1, 0.15) is 5.58 Å². The van der Waals surface area contributed by atoms with Crippen molar-refractivity contribution in [1.29, 1.82) is 0 Å². The molecular weight excluding hydrogens is 721 g/mol. The van der Waals surface area contributed by atoms with Crippen LogP contribution in [-0.4, -0.2) is 18.0 Å². The molecule has 3 nitrogen and oxygen atoms in total. The van der Waals surface area contributed by atoms with Crippen molar-refractivity contribution in [3.05, 3.63) is 114 Å². The van der Waals surface area contributed by atoms with Crippen molar-refractivity contribution in [2.75, 3.05) is 0 Å². The fourth-order valence-electron chi connectivity index (χ4n) is 5.49. The van der Waals surface area contributed by atoms with Crippen LogP contribution in [0.3, 0.4) is 0 Å². The van der Waals surface area contributed by atoms with Crippen molar-refractivity contribution >= 4 is 35.2 Å². The van der Waals surface area contributed by atoms with Gasteiger partial charge in [0.25, 0.3) is 0 Å². The number of rotatable bonds is 5. The smallest absolute Gasteiger partial charge is 0.120 e. The Morgan fingerprint density at radius 2 is 1.60 bits per heavy atom. The predicted molar refractivity (Wildman–Crippen MR) is 180 cm³/mol. The van der Waals surface area contributed by atoms with Gasteiger partial charge in [0.05, 0.1) is 5.58 Å². The van der Waals surface area contributed by atoms with Crippen molar-refractivity contribution in [1.82, 2.24) is 9.97 Å². The number of nitrogens with zero attached hydrogens (tertiary/aromatic N) is 2. The molecule has 0 saturated heterocycles. The maximum Gasteiger partial charge on any atom is 0.120 e. The molecule has 0 aliphatic heterocycles. The molecule has 0 saturated carbocycles. The molecule has 0 spiro atoms. The molecule has 0 fully saturated rings. The third-order valence-electron chi connectivity index (χ3n) is 8.22. The SMILES string of the molecule is CCC(C)(C)c1ccnc(-c2[c-]cc([Si](C)(C)C)c3c2oc2ccccc23)c1C.Cc1ccnc(-c2[c-]cccc2)c1.[Ir]. The van der Waals surface area contributed by atoms with Gasteiger partial charge in [-0.25, -0.2) is 0 Å². The number of benzene rings is 3. The number of furan rings is 1. The van der Waals surface area contributed by atoms with E-state index < -0.39 is 8.07 Å². The van der Waals surface area contributed by atoms with Crippen molar-refractivity contribution in [3.63, 3.8) is 0 Å². The van der Waals surface area contributed by atoms with Crippen LogP contribution < -0.4 is 5.19 Å². The van der Waals surface area contributed by atoms with Gasteiger partial charge in [-0.3, -0.25) is 0 Å². The van der Waals surface area contributed by atoms with Crippen molar-refractivity contribution in [3.8, 4) is 22.5 Å². The minimum atomic E-state index is -1.57. The number of para-hydroxylation sites is 1. The molecule has 0 aliphatic rings. The van der Waals surface area contributed by atoms with E-state index in [4.69, 9.17) is 9.40 Å². The molecule has 3 aromatic heterocycles. The van der Waals surface area contributed by atoms with Crippen LogP contribution in [0.2, 0.25) is 19.6 Å². The first kappa shape index (κ1) is 32.5. The van der Waals surface area contributed by atoms with Crippen molar-refractivity contribution in [2.45, 2.75) is 66.1 Å². The molecule has 6 rings (SSSR count). The molecule has 3 aromatic carbocycles. The van der Waals surface area contributed by atoms with E-state index in [1.165, 1.54) is 32.6 Å². The Morgan fingerprint density at radius 3 is 2.28 bits per heavy atom. The van der Waals surface area contributed by atoms with E-state index in [0.29, 0.717) is 0 Å². The van der Waals surface area contributed by atoms with Gasteiger partial charge in [-0.15, -0.1) is 53.2 Å². The largest absolute Gasteiger partial charge is 0.501 e. The van der Waals surface area contributed by atoms with E-state index in [9.17, 15) is 0 Å². The Morgan fingerprint density at radius 1 is 0.884 bits per heavy atom. The van der Waals surface area contributed by atoms with Gasteiger partial charge in [0, 0.05) is 46.0 Å². The first-order valence-electron chi connectivity index (χ1n) is 14.7. The topological polar surface area (TPSA) is 38.9 Å². The molecule has 5 heteroatoms. The molecule has 0 unspecified atom stereocenters. The van der Waals surface area contributed by atoms with E-state index in [-0.39, 0.29) is 25.5 Å². The minimum absolute atomic E-state index is 0. The summed E-state index contributed by atoms with van der Waals surface area (Å²) in [4.78, 5) is 9.07. The molecule has 0 atom stereocenters. The summed E-state index contributed by atoms with van der Waals surface area (Å²) < 4.78 is 6.43. The maximum atomic E-state index is 6.43. The van der Waals surface area contributed by atoms with Crippen LogP contribution in [0.1, 0.15) is 43.9 Å². The van der Waals surface area contributed by atoms with E-state index in [0.717, 1.165) is 40.1 Å². The molecule has 1 radical (unpaired) electrons. The second-order valence-corrected chi connectivity index (χ2v) is 17.7. The average Bonchev–Trinajstić information content (AvgIpc) is 3.37. The fraction of sp³-hybridized carbons (Fsp3) is 0.263. The van der Waals surface area contributed by atoms with E-state index in [1.54, 1.807) is 0 Å². The van der Waals surface area contributed by atoms with Crippen LogP contribution in [0, 0.1) is 26.0 Å². The normalized spacial score (nSPS) is 11.6. The van der Waals surface area contributed by atoms with E-state index >= 15 is 0 Å². The third-order valence-corrected chi connectivity index (χ3v) is 10.2. The number of fused-ring (bicyclic) bond motifs is 3. The van der Waals surface area contributed by atoms with Gasteiger partial charge in [0.15, 0.2) is 0 Å². The molecule has 0 amide bonds. The Labute approximate surface area is 271 Å². The summed E-state index contributed by atoms with van der Waals surface area (Å²) >= 11 is 0. The molecular formula is C38H40IrN2OSi-2. The predicted octanol–water partition coefficient (Wildman–Crippen LogP) is 9.84. The average molecular weight is 761 g/mol. The molecule has 0 aliphatic carbocycles. The molecule has 0 N–H and O–H groups in total. The summed E-state index contributed by atoms with van der Waals surface area (Å²) in [6.07, 6.45) is 4.84. The number of aromatic nitrogens is 2. The maximum absolute atomic E-state index is 6.43. The second-order valence-electron chi connectivity index (χ2n) is 12.7. The summed E-state index contributed by atoms with van der Waals surface area (Å²) in [5.74, 6) is 0. The zero-order chi connectivity index (χ0) is 30.1. The van der Waals surface area contributed by atoms with Crippen LogP contribution in [0.25, 0.3) is 44.5 Å². The van der Waals surface area contributed by atoms with Crippen LogP contribution in [-0.2, 0) is 25.5 Å². The third kappa shape index (κ3) is 6.75. The zero-order valence-electron chi connectivity index (χ0n) is 26.4. The fourth-order valence-corrected chi connectivity index (χ4v) is 6.99. The van der Waals surface area contributed by atoms with Gasteiger partial charge >= 0.3 is 0 Å². The second kappa shape index (κ2) is 13.1. The number of hydrogen-bond acceptors (Lipinski definition) is 3. The zero-order valence-corrected chi connectivity index (χ0v) is 29.8. The molecule has 6 aromatic rings.